The molecule has 1 atom stereocenters. The van der Waals surface area contributed by atoms with Crippen molar-refractivity contribution in [3.05, 3.63) is 30.3 Å². The van der Waals surface area contributed by atoms with E-state index in [-0.39, 0.29) is 24.0 Å². The lowest BCUT2D eigenvalue weighted by atomic mass is 9.99. The van der Waals surface area contributed by atoms with Gasteiger partial charge in [0.1, 0.15) is 0 Å². The number of rotatable bonds is 4. The molecule has 3 rings (SSSR count). The zero-order chi connectivity index (χ0) is 16.8. The predicted octanol–water partition coefficient (Wildman–Crippen LogP) is 3.83. The topological polar surface area (TPSA) is 30.9 Å². The predicted molar refractivity (Wildman–Crippen MR) is 118 cm³/mol. The molecule has 2 fully saturated rings. The molecule has 0 saturated carbocycles. The summed E-state index contributed by atoms with van der Waals surface area (Å²) in [6, 6.07) is 10.8. The van der Waals surface area contributed by atoms with Crippen LogP contribution < -0.4 is 10.2 Å². The Morgan fingerprint density at radius 2 is 1.84 bits per heavy atom. The van der Waals surface area contributed by atoms with Crippen LogP contribution in [0.25, 0.3) is 0 Å². The van der Waals surface area contributed by atoms with E-state index in [2.05, 4.69) is 59.3 Å². The van der Waals surface area contributed by atoms with Crippen molar-refractivity contribution in [3.8, 4) is 0 Å². The largest absolute Gasteiger partial charge is 0.371 e. The van der Waals surface area contributed by atoms with Gasteiger partial charge in [-0.2, -0.15) is 0 Å². The van der Waals surface area contributed by atoms with Crippen molar-refractivity contribution in [2.75, 3.05) is 44.2 Å². The maximum Gasteiger partial charge on any atom is 0.193 e. The number of halogens is 1. The quantitative estimate of drug-likeness (QED) is 0.425. The lowest BCUT2D eigenvalue weighted by Crippen LogP contribution is -2.45. The molecule has 140 valence electrons. The zero-order valence-corrected chi connectivity index (χ0v) is 18.0. The molecule has 0 aliphatic carbocycles. The number of benzene rings is 1. The van der Waals surface area contributed by atoms with E-state index in [9.17, 15) is 0 Å². The molecular formula is C20H33IN4. The summed E-state index contributed by atoms with van der Waals surface area (Å²) >= 11 is 0. The number of nitrogens with one attached hydrogen (secondary N) is 1. The number of aliphatic imine (C=N–C) groups is 1. The first-order valence-corrected chi connectivity index (χ1v) is 9.59. The molecule has 0 amide bonds. The summed E-state index contributed by atoms with van der Waals surface area (Å²) in [7, 11) is 0. The monoisotopic (exact) mass is 456 g/mol. The van der Waals surface area contributed by atoms with Crippen LogP contribution in [-0.2, 0) is 0 Å². The highest BCUT2D eigenvalue weighted by Crippen LogP contribution is 2.24. The van der Waals surface area contributed by atoms with Gasteiger partial charge in [-0.1, -0.05) is 25.1 Å². The first kappa shape index (κ1) is 20.3. The van der Waals surface area contributed by atoms with Crippen LogP contribution in [-0.4, -0.2) is 50.1 Å². The summed E-state index contributed by atoms with van der Waals surface area (Å²) in [5, 5.41) is 3.50. The molecule has 4 nitrogen and oxygen atoms in total. The van der Waals surface area contributed by atoms with E-state index in [4.69, 9.17) is 4.99 Å². The number of hydrogen-bond acceptors (Lipinski definition) is 2. The van der Waals surface area contributed by atoms with Crippen molar-refractivity contribution in [2.24, 2.45) is 16.8 Å². The summed E-state index contributed by atoms with van der Waals surface area (Å²) in [4.78, 5) is 9.92. The van der Waals surface area contributed by atoms with Crippen molar-refractivity contribution in [2.45, 2.75) is 33.1 Å². The molecular weight excluding hydrogens is 423 g/mol. The molecule has 1 unspecified atom stereocenters. The molecule has 1 N–H and O–H groups in total. The molecule has 0 bridgehead atoms. The molecule has 2 saturated heterocycles. The average molecular weight is 456 g/mol. The highest BCUT2D eigenvalue weighted by Gasteiger charge is 2.23. The van der Waals surface area contributed by atoms with Crippen molar-refractivity contribution in [1.29, 1.82) is 0 Å². The van der Waals surface area contributed by atoms with Crippen LogP contribution in [0.1, 0.15) is 33.1 Å². The molecule has 2 aliphatic rings. The molecule has 0 spiro atoms. The van der Waals surface area contributed by atoms with Crippen LogP contribution in [0.4, 0.5) is 5.69 Å². The Kier molecular flexibility index (Phi) is 8.33. The summed E-state index contributed by atoms with van der Waals surface area (Å²) in [6.45, 7) is 11.0. The van der Waals surface area contributed by atoms with Crippen molar-refractivity contribution in [1.82, 2.24) is 10.2 Å². The molecule has 1 aromatic rings. The maximum absolute atomic E-state index is 4.98. The first-order chi connectivity index (χ1) is 11.8. The number of piperidine rings is 1. The first-order valence-electron chi connectivity index (χ1n) is 9.59. The van der Waals surface area contributed by atoms with E-state index in [1.807, 2.05) is 0 Å². The lowest BCUT2D eigenvalue weighted by molar-refractivity contribution is 0.273. The van der Waals surface area contributed by atoms with Gasteiger partial charge in [-0.3, -0.25) is 4.99 Å². The Bertz CT molecular complexity index is 526. The second-order valence-corrected chi connectivity index (χ2v) is 7.30. The third-order valence-electron chi connectivity index (χ3n) is 5.32. The summed E-state index contributed by atoms with van der Waals surface area (Å²) < 4.78 is 0. The minimum absolute atomic E-state index is 0. The van der Waals surface area contributed by atoms with Crippen LogP contribution in [0.5, 0.6) is 0 Å². The highest BCUT2D eigenvalue weighted by molar-refractivity contribution is 14.0. The number of anilines is 1. The minimum atomic E-state index is 0. The number of guanidine groups is 1. The van der Waals surface area contributed by atoms with Crippen LogP contribution >= 0.6 is 24.0 Å². The summed E-state index contributed by atoms with van der Waals surface area (Å²) in [6.07, 6.45) is 3.82. The van der Waals surface area contributed by atoms with Gasteiger partial charge in [0.05, 0.1) is 0 Å². The Morgan fingerprint density at radius 3 is 2.52 bits per heavy atom. The molecule has 0 aromatic heterocycles. The van der Waals surface area contributed by atoms with Gasteiger partial charge in [0.25, 0.3) is 0 Å². The molecule has 2 aliphatic heterocycles. The summed E-state index contributed by atoms with van der Waals surface area (Å²) in [5.74, 6) is 2.66. The van der Waals surface area contributed by atoms with E-state index < -0.39 is 0 Å². The van der Waals surface area contributed by atoms with Crippen molar-refractivity contribution >= 4 is 35.6 Å². The molecule has 1 aromatic carbocycles. The van der Waals surface area contributed by atoms with E-state index in [0.717, 1.165) is 51.1 Å². The van der Waals surface area contributed by atoms with Gasteiger partial charge in [0.2, 0.25) is 0 Å². The standard InChI is InChI=1S/C20H32N4.HI/c1-3-21-20(23-12-9-17(2)10-13-23)22-15-18-11-14-24(16-18)19-7-5-4-6-8-19;/h4-8,17-18H,3,9-16H2,1-2H3,(H,21,22);1H. The second-order valence-electron chi connectivity index (χ2n) is 7.30. The van der Waals surface area contributed by atoms with Gasteiger partial charge in [-0.05, 0) is 50.2 Å². The third kappa shape index (κ3) is 5.76. The fraction of sp³-hybridized carbons (Fsp3) is 0.650. The smallest absolute Gasteiger partial charge is 0.193 e. The molecule has 2 heterocycles. The zero-order valence-electron chi connectivity index (χ0n) is 15.7. The molecule has 25 heavy (non-hydrogen) atoms. The van der Waals surface area contributed by atoms with Gasteiger partial charge >= 0.3 is 0 Å². The van der Waals surface area contributed by atoms with Crippen LogP contribution in [0.15, 0.2) is 35.3 Å². The maximum atomic E-state index is 4.98. The Morgan fingerprint density at radius 1 is 1.12 bits per heavy atom. The van der Waals surface area contributed by atoms with Gasteiger partial charge in [0.15, 0.2) is 5.96 Å². The van der Waals surface area contributed by atoms with Crippen LogP contribution in [0.3, 0.4) is 0 Å². The number of likely N-dealkylation sites (tertiary alicyclic amines) is 1. The Labute approximate surface area is 170 Å². The van der Waals surface area contributed by atoms with Gasteiger partial charge in [0, 0.05) is 45.0 Å². The van der Waals surface area contributed by atoms with Crippen LogP contribution in [0.2, 0.25) is 0 Å². The SMILES string of the molecule is CCNC(=NCC1CCN(c2ccccc2)C1)N1CCC(C)CC1.I. The van der Waals surface area contributed by atoms with E-state index >= 15 is 0 Å². The summed E-state index contributed by atoms with van der Waals surface area (Å²) in [5.41, 5.74) is 1.35. The van der Waals surface area contributed by atoms with Crippen LogP contribution in [0, 0.1) is 11.8 Å². The van der Waals surface area contributed by atoms with E-state index in [1.54, 1.807) is 0 Å². The third-order valence-corrected chi connectivity index (χ3v) is 5.32. The van der Waals surface area contributed by atoms with Crippen molar-refractivity contribution < 1.29 is 0 Å². The Hall–Kier alpha value is -0.980. The van der Waals surface area contributed by atoms with Crippen molar-refractivity contribution in [3.63, 3.8) is 0 Å². The Balaban J connectivity index is 0.00000225. The van der Waals surface area contributed by atoms with Gasteiger partial charge in [-0.25, -0.2) is 0 Å². The van der Waals surface area contributed by atoms with Gasteiger partial charge < -0.3 is 15.1 Å². The van der Waals surface area contributed by atoms with E-state index in [1.165, 1.54) is 24.9 Å². The second kappa shape index (κ2) is 10.2. The normalized spacial score (nSPS) is 22.0. The number of nitrogens with zero attached hydrogens (tertiary/aromatic N) is 3. The van der Waals surface area contributed by atoms with E-state index in [0.29, 0.717) is 5.92 Å². The van der Waals surface area contributed by atoms with Gasteiger partial charge in [-0.15, -0.1) is 24.0 Å². The average Bonchev–Trinajstić information content (AvgIpc) is 3.09. The highest BCUT2D eigenvalue weighted by atomic mass is 127. The number of para-hydroxylation sites is 1. The minimum Gasteiger partial charge on any atom is -0.371 e. The fourth-order valence-corrected chi connectivity index (χ4v) is 3.72. The fourth-order valence-electron chi connectivity index (χ4n) is 3.72. The molecule has 5 heteroatoms. The lowest BCUT2D eigenvalue weighted by Gasteiger charge is -2.33. The number of hydrogen-bond donors (Lipinski definition) is 1. The molecule has 0 radical (unpaired) electrons.